The third kappa shape index (κ3) is 3.51. The number of nitrogens with one attached hydrogen (secondary N) is 1. The molecule has 1 aliphatic heterocycles. The first kappa shape index (κ1) is 22.8. The summed E-state index contributed by atoms with van der Waals surface area (Å²) in [6, 6.07) is -0.304. The number of benzene rings is 1. The van der Waals surface area contributed by atoms with Crippen molar-refractivity contribution in [1.29, 1.82) is 0 Å². The molecule has 1 saturated heterocycles. The van der Waals surface area contributed by atoms with Crippen LogP contribution in [-0.2, 0) is 0 Å². The van der Waals surface area contributed by atoms with Gasteiger partial charge < -0.3 is 15.1 Å². The number of aromatic amines is 1. The molecule has 11 heteroatoms. The van der Waals surface area contributed by atoms with Crippen molar-refractivity contribution in [2.75, 3.05) is 18.0 Å². The van der Waals surface area contributed by atoms with Crippen LogP contribution in [0.3, 0.4) is 0 Å². The van der Waals surface area contributed by atoms with Gasteiger partial charge in [-0.3, -0.25) is 14.3 Å². The maximum absolute atomic E-state index is 15.5. The Labute approximate surface area is 180 Å². The minimum atomic E-state index is -3.36. The van der Waals surface area contributed by atoms with Crippen LogP contribution in [0.25, 0.3) is 10.9 Å². The number of aliphatic hydroxyl groups is 2. The van der Waals surface area contributed by atoms with Crippen molar-refractivity contribution in [3.8, 4) is 0 Å². The molecule has 0 radical (unpaired) electrons. The SMILES string of the molecule is Cc1c(N2CC(F)C(C(O)C(C)(C)O)C2)c(F)c(C(F)F)c2c(=O)[nH]c(=O)n(C3CC3)c12. The van der Waals surface area contributed by atoms with Crippen LogP contribution in [0, 0.1) is 18.7 Å². The van der Waals surface area contributed by atoms with E-state index in [-0.39, 0.29) is 29.4 Å². The lowest BCUT2D eigenvalue weighted by Crippen LogP contribution is -2.45. The van der Waals surface area contributed by atoms with Crippen LogP contribution in [0.2, 0.25) is 0 Å². The zero-order valence-electron chi connectivity index (χ0n) is 17.8. The third-order valence-corrected chi connectivity index (χ3v) is 6.43. The molecule has 2 fully saturated rings. The number of anilines is 1. The van der Waals surface area contributed by atoms with Crippen molar-refractivity contribution < 1.29 is 27.8 Å². The van der Waals surface area contributed by atoms with E-state index in [1.807, 2.05) is 4.98 Å². The maximum atomic E-state index is 15.5. The summed E-state index contributed by atoms with van der Waals surface area (Å²) in [5, 5.41) is 19.8. The van der Waals surface area contributed by atoms with Crippen LogP contribution in [0.4, 0.5) is 23.2 Å². The van der Waals surface area contributed by atoms with Crippen LogP contribution in [-0.4, -0.2) is 50.7 Å². The molecule has 1 aromatic heterocycles. The van der Waals surface area contributed by atoms with Crippen LogP contribution >= 0.6 is 0 Å². The number of aryl methyl sites for hydroxylation is 1. The number of nitrogens with zero attached hydrogens (tertiary/aromatic N) is 2. The molecule has 1 aliphatic carbocycles. The highest BCUT2D eigenvalue weighted by Gasteiger charge is 2.45. The molecule has 32 heavy (non-hydrogen) atoms. The third-order valence-electron chi connectivity index (χ3n) is 6.43. The predicted molar refractivity (Wildman–Crippen MR) is 110 cm³/mol. The van der Waals surface area contributed by atoms with Gasteiger partial charge in [0.2, 0.25) is 0 Å². The van der Waals surface area contributed by atoms with Crippen molar-refractivity contribution in [2.24, 2.45) is 5.92 Å². The summed E-state index contributed by atoms with van der Waals surface area (Å²) in [5.41, 5.74) is -5.00. The fraction of sp³-hybridized carbons (Fsp3) is 0.619. The summed E-state index contributed by atoms with van der Waals surface area (Å²) in [7, 11) is 0. The van der Waals surface area contributed by atoms with Gasteiger partial charge in [0.25, 0.3) is 12.0 Å². The second kappa shape index (κ2) is 7.58. The monoisotopic (exact) mass is 459 g/mol. The number of alkyl halides is 3. The Morgan fingerprint density at radius 1 is 1.19 bits per heavy atom. The standard InChI is InChI=1S/C21H25F4N3O4/c1-8-15-13(19(30)26-20(31)28(15)9-4-5-9)12(18(24)25)14(23)16(8)27-6-10(11(22)7-27)17(29)21(2,3)32/h9-11,17-18,29,32H,4-7H2,1-3H3,(H,26,30,31). The van der Waals surface area contributed by atoms with E-state index in [2.05, 4.69) is 0 Å². The Bertz CT molecular complexity index is 1180. The smallest absolute Gasteiger partial charge is 0.329 e. The second-order valence-corrected chi connectivity index (χ2v) is 9.27. The molecular weight excluding hydrogens is 434 g/mol. The highest BCUT2D eigenvalue weighted by molar-refractivity contribution is 5.90. The Kier molecular flexibility index (Phi) is 5.40. The summed E-state index contributed by atoms with van der Waals surface area (Å²) in [6.07, 6.45) is -5.29. The summed E-state index contributed by atoms with van der Waals surface area (Å²) < 4.78 is 59.4. The molecule has 4 rings (SSSR count). The molecule has 1 aromatic carbocycles. The lowest BCUT2D eigenvalue weighted by atomic mass is 9.88. The molecular formula is C21H25F4N3O4. The van der Waals surface area contributed by atoms with E-state index in [9.17, 15) is 33.0 Å². The molecule has 176 valence electrons. The van der Waals surface area contributed by atoms with E-state index in [4.69, 9.17) is 0 Å². The van der Waals surface area contributed by atoms with Gasteiger partial charge in [-0.15, -0.1) is 0 Å². The van der Waals surface area contributed by atoms with Crippen LogP contribution < -0.4 is 16.1 Å². The Morgan fingerprint density at radius 3 is 2.34 bits per heavy atom. The van der Waals surface area contributed by atoms with Gasteiger partial charge in [0.1, 0.15) is 6.17 Å². The zero-order chi connectivity index (χ0) is 23.7. The first-order valence-electron chi connectivity index (χ1n) is 10.4. The molecule has 3 unspecified atom stereocenters. The van der Waals surface area contributed by atoms with E-state index in [1.54, 1.807) is 0 Å². The van der Waals surface area contributed by atoms with Gasteiger partial charge in [-0.1, -0.05) is 0 Å². The normalized spacial score (nSPS) is 22.9. The molecule has 0 amide bonds. The van der Waals surface area contributed by atoms with Crippen molar-refractivity contribution in [3.63, 3.8) is 0 Å². The summed E-state index contributed by atoms with van der Waals surface area (Å²) >= 11 is 0. The lowest BCUT2D eigenvalue weighted by molar-refractivity contribution is -0.0831. The summed E-state index contributed by atoms with van der Waals surface area (Å²) in [6.45, 7) is 3.38. The Morgan fingerprint density at radius 2 is 1.81 bits per heavy atom. The topological polar surface area (TPSA) is 98.6 Å². The number of rotatable bonds is 5. The highest BCUT2D eigenvalue weighted by Crippen LogP contribution is 2.43. The van der Waals surface area contributed by atoms with Gasteiger partial charge in [-0.2, -0.15) is 0 Å². The number of aromatic nitrogens is 2. The molecule has 2 heterocycles. The van der Waals surface area contributed by atoms with Crippen LogP contribution in [0.5, 0.6) is 0 Å². The number of hydrogen-bond donors (Lipinski definition) is 3. The first-order chi connectivity index (χ1) is 14.8. The van der Waals surface area contributed by atoms with Gasteiger partial charge in [0, 0.05) is 30.6 Å². The summed E-state index contributed by atoms with van der Waals surface area (Å²) in [4.78, 5) is 28.1. The molecule has 0 spiro atoms. The van der Waals surface area contributed by atoms with Crippen molar-refractivity contribution in [3.05, 3.63) is 37.8 Å². The average Bonchev–Trinajstić information content (AvgIpc) is 3.43. The first-order valence-corrected chi connectivity index (χ1v) is 10.4. The lowest BCUT2D eigenvalue weighted by Gasteiger charge is -2.30. The molecule has 0 bridgehead atoms. The van der Waals surface area contributed by atoms with Gasteiger partial charge in [0.05, 0.1) is 33.9 Å². The molecule has 2 aliphatic rings. The molecule has 7 nitrogen and oxygen atoms in total. The quantitative estimate of drug-likeness (QED) is 0.597. The number of aliphatic hydroxyl groups excluding tert-OH is 1. The van der Waals surface area contributed by atoms with E-state index in [0.29, 0.717) is 12.8 Å². The maximum Gasteiger partial charge on any atom is 0.329 e. The fourth-order valence-electron chi connectivity index (χ4n) is 4.74. The number of H-pyrrole nitrogens is 1. The molecule has 2 aromatic rings. The Balaban J connectivity index is 1.96. The van der Waals surface area contributed by atoms with Gasteiger partial charge in [-0.05, 0) is 33.6 Å². The number of hydrogen-bond acceptors (Lipinski definition) is 5. The molecule has 3 atom stereocenters. The largest absolute Gasteiger partial charge is 0.390 e. The second-order valence-electron chi connectivity index (χ2n) is 9.27. The van der Waals surface area contributed by atoms with E-state index < -0.39 is 64.8 Å². The Hall–Kier alpha value is -2.40. The van der Waals surface area contributed by atoms with Gasteiger partial charge in [0.15, 0.2) is 5.82 Å². The average molecular weight is 459 g/mol. The van der Waals surface area contributed by atoms with Crippen molar-refractivity contribution >= 4 is 16.6 Å². The number of halogens is 4. The highest BCUT2D eigenvalue weighted by atomic mass is 19.3. The zero-order valence-corrected chi connectivity index (χ0v) is 17.8. The van der Waals surface area contributed by atoms with E-state index in [1.165, 1.54) is 30.2 Å². The molecule has 3 N–H and O–H groups in total. The van der Waals surface area contributed by atoms with Gasteiger partial charge in [-0.25, -0.2) is 22.4 Å². The van der Waals surface area contributed by atoms with E-state index in [0.717, 1.165) is 0 Å². The minimum Gasteiger partial charge on any atom is -0.390 e. The van der Waals surface area contributed by atoms with Crippen molar-refractivity contribution in [1.82, 2.24) is 9.55 Å². The fourth-order valence-corrected chi connectivity index (χ4v) is 4.74. The van der Waals surface area contributed by atoms with Crippen molar-refractivity contribution in [2.45, 2.75) is 64.0 Å². The molecule has 1 saturated carbocycles. The van der Waals surface area contributed by atoms with Crippen LogP contribution in [0.15, 0.2) is 9.59 Å². The predicted octanol–water partition coefficient (Wildman–Crippen LogP) is 2.32. The van der Waals surface area contributed by atoms with Gasteiger partial charge >= 0.3 is 5.69 Å². The minimum absolute atomic E-state index is 0.0719. The van der Waals surface area contributed by atoms with Crippen LogP contribution in [0.1, 0.15) is 50.3 Å². The summed E-state index contributed by atoms with van der Waals surface area (Å²) in [5.74, 6) is -2.45. The van der Waals surface area contributed by atoms with E-state index >= 15 is 4.39 Å². The number of fused-ring (bicyclic) bond motifs is 1.